The topological polar surface area (TPSA) is 29.1 Å². The number of para-hydroxylation sites is 2. The van der Waals surface area contributed by atoms with Crippen molar-refractivity contribution in [2.75, 3.05) is 0 Å². The lowest BCUT2D eigenvalue weighted by molar-refractivity contribution is -0.403. The molecule has 101 valence electrons. The van der Waals surface area contributed by atoms with Gasteiger partial charge in [-0.25, -0.2) is 0 Å². The van der Waals surface area contributed by atoms with Crippen molar-refractivity contribution in [3.05, 3.63) is 24.3 Å². The Labute approximate surface area is 95.6 Å². The summed E-state index contributed by atoms with van der Waals surface area (Å²) in [5, 5.41) is 10.9. The minimum absolute atomic E-state index is 0.558. The number of benzene rings is 1. The van der Waals surface area contributed by atoms with Gasteiger partial charge >= 0.3 is 18.2 Å². The third-order valence-electron chi connectivity index (χ3n) is 1.81. The Bertz CT molecular complexity index is 427. The monoisotopic (exact) mass is 277 g/mol. The highest BCUT2D eigenvalue weighted by molar-refractivity contribution is 5.38. The van der Waals surface area contributed by atoms with Gasteiger partial charge in [-0.2, -0.15) is 30.7 Å². The highest BCUT2D eigenvalue weighted by Gasteiger charge is 2.75. The van der Waals surface area contributed by atoms with Crippen LogP contribution in [0.5, 0.6) is 11.5 Å². The van der Waals surface area contributed by atoms with Crippen molar-refractivity contribution in [3.63, 3.8) is 0 Å². The predicted molar refractivity (Wildman–Crippen MR) is 43.2 cm³/mol. The molecule has 0 atom stereocenters. The highest BCUT2D eigenvalue weighted by atomic mass is 19.4. The fourth-order valence-corrected chi connectivity index (χ4v) is 0.902. The zero-order valence-corrected chi connectivity index (χ0v) is 8.27. The minimum atomic E-state index is -6.51. The summed E-state index contributed by atoms with van der Waals surface area (Å²) in [5.41, 5.74) is 0. The molecule has 0 aliphatic heterocycles. The van der Waals surface area contributed by atoms with Gasteiger partial charge in [-0.1, -0.05) is 12.1 Å². The Balaban J connectivity index is 3.06. The van der Waals surface area contributed by atoms with Crippen molar-refractivity contribution in [1.29, 1.82) is 0 Å². The second-order valence-corrected chi connectivity index (χ2v) is 3.14. The maximum absolute atomic E-state index is 12.7. The molecule has 0 aromatic heterocycles. The van der Waals surface area contributed by atoms with Crippen LogP contribution in [0.4, 0.5) is 30.7 Å². The Morgan fingerprint density at radius 1 is 0.889 bits per heavy atom. The number of hydrogen-bond donors (Lipinski definition) is 0. The molecule has 0 aliphatic rings. The van der Waals surface area contributed by atoms with E-state index < -0.39 is 29.7 Å². The number of rotatable bonds is 3. The second kappa shape index (κ2) is 4.21. The van der Waals surface area contributed by atoms with Gasteiger partial charge in [0, 0.05) is 0 Å². The van der Waals surface area contributed by atoms with Crippen LogP contribution in [0.2, 0.25) is 0 Å². The SMILES string of the molecule is [O]c1ccccc1OC(F)(F)C(F)(F)C(F)(F)F. The summed E-state index contributed by atoms with van der Waals surface area (Å²) in [5.74, 6) is -8.95. The van der Waals surface area contributed by atoms with E-state index in [4.69, 9.17) is 0 Å². The van der Waals surface area contributed by atoms with Gasteiger partial charge in [-0.05, 0) is 12.1 Å². The van der Waals surface area contributed by atoms with Crippen LogP contribution < -0.4 is 4.74 Å². The highest BCUT2D eigenvalue weighted by Crippen LogP contribution is 2.48. The normalized spacial score (nSPS) is 13.5. The maximum atomic E-state index is 12.7. The summed E-state index contributed by atoms with van der Waals surface area (Å²) in [6, 6.07) is 3.29. The molecule has 1 aromatic carbocycles. The first kappa shape index (κ1) is 14.4. The Morgan fingerprint density at radius 2 is 1.39 bits per heavy atom. The van der Waals surface area contributed by atoms with Crippen LogP contribution in [-0.4, -0.2) is 18.2 Å². The fourth-order valence-electron chi connectivity index (χ4n) is 0.902. The molecule has 0 unspecified atom stereocenters. The first-order valence-corrected chi connectivity index (χ1v) is 4.26. The summed E-state index contributed by atoms with van der Waals surface area (Å²) < 4.78 is 88.8. The van der Waals surface area contributed by atoms with E-state index in [1.165, 1.54) is 0 Å². The average Bonchev–Trinajstić information content (AvgIpc) is 2.19. The number of halogens is 7. The van der Waals surface area contributed by atoms with Gasteiger partial charge in [0.05, 0.1) is 0 Å². The van der Waals surface area contributed by atoms with Gasteiger partial charge in [0.2, 0.25) is 5.75 Å². The fraction of sp³-hybridized carbons (Fsp3) is 0.333. The predicted octanol–water partition coefficient (Wildman–Crippen LogP) is 4.00. The Kier molecular flexibility index (Phi) is 3.37. The van der Waals surface area contributed by atoms with Crippen LogP contribution in [0.3, 0.4) is 0 Å². The standard InChI is InChI=1S/C9H4F7O2/c10-7(11,8(12,13)14)9(15,16)18-6-4-2-1-3-5(6)17/h1-4H. The van der Waals surface area contributed by atoms with E-state index in [1.54, 1.807) is 0 Å². The Hall–Kier alpha value is -1.67. The first-order valence-electron chi connectivity index (χ1n) is 4.26. The zero-order valence-electron chi connectivity index (χ0n) is 8.27. The van der Waals surface area contributed by atoms with Gasteiger partial charge < -0.3 is 4.74 Å². The van der Waals surface area contributed by atoms with Crippen molar-refractivity contribution in [2.45, 2.75) is 18.2 Å². The molecule has 0 saturated carbocycles. The van der Waals surface area contributed by atoms with E-state index in [0.29, 0.717) is 12.1 Å². The largest absolute Gasteiger partial charge is 0.474 e. The molecule has 9 heteroatoms. The van der Waals surface area contributed by atoms with Crippen molar-refractivity contribution >= 4 is 0 Å². The molecule has 1 radical (unpaired) electrons. The second-order valence-electron chi connectivity index (χ2n) is 3.14. The summed E-state index contributed by atoms with van der Waals surface area (Å²) in [6.07, 6.45) is -12.4. The molecule has 0 saturated heterocycles. The van der Waals surface area contributed by atoms with Crippen molar-refractivity contribution in [3.8, 4) is 11.5 Å². The molecule has 2 nitrogen and oxygen atoms in total. The summed E-state index contributed by atoms with van der Waals surface area (Å²) in [4.78, 5) is 0. The molecule has 0 spiro atoms. The van der Waals surface area contributed by atoms with E-state index in [0.717, 1.165) is 12.1 Å². The summed E-state index contributed by atoms with van der Waals surface area (Å²) in [6.45, 7) is 0. The van der Waals surface area contributed by atoms with Crippen LogP contribution in [0.15, 0.2) is 24.3 Å². The third kappa shape index (κ3) is 2.44. The molecule has 0 fully saturated rings. The van der Waals surface area contributed by atoms with Crippen LogP contribution >= 0.6 is 0 Å². The maximum Gasteiger partial charge on any atom is 0.474 e. The van der Waals surface area contributed by atoms with Crippen molar-refractivity contribution < 1.29 is 40.6 Å². The number of alkyl halides is 7. The lowest BCUT2D eigenvalue weighted by Gasteiger charge is -2.27. The van der Waals surface area contributed by atoms with Crippen LogP contribution in [0.1, 0.15) is 0 Å². The quantitative estimate of drug-likeness (QED) is 0.768. The van der Waals surface area contributed by atoms with E-state index in [2.05, 4.69) is 4.74 Å². The van der Waals surface area contributed by atoms with Gasteiger partial charge in [0.1, 0.15) is 0 Å². The molecular weight excluding hydrogens is 273 g/mol. The van der Waals surface area contributed by atoms with Gasteiger partial charge in [-0.3, -0.25) is 5.11 Å². The van der Waals surface area contributed by atoms with Crippen LogP contribution in [-0.2, 0) is 5.11 Å². The molecular formula is C9H4F7O2. The molecule has 0 N–H and O–H groups in total. The smallest absolute Gasteiger partial charge is 0.424 e. The minimum Gasteiger partial charge on any atom is -0.424 e. The molecule has 1 aromatic rings. The van der Waals surface area contributed by atoms with E-state index >= 15 is 0 Å². The van der Waals surface area contributed by atoms with E-state index in [1.807, 2.05) is 0 Å². The summed E-state index contributed by atoms with van der Waals surface area (Å²) >= 11 is 0. The van der Waals surface area contributed by atoms with Gasteiger partial charge in [0.25, 0.3) is 0 Å². The van der Waals surface area contributed by atoms with Crippen molar-refractivity contribution in [1.82, 2.24) is 0 Å². The number of hydrogen-bond acceptors (Lipinski definition) is 1. The molecule has 18 heavy (non-hydrogen) atoms. The zero-order chi connectivity index (χ0) is 14.2. The lowest BCUT2D eigenvalue weighted by atomic mass is 10.3. The average molecular weight is 277 g/mol. The van der Waals surface area contributed by atoms with Crippen LogP contribution in [0, 0.1) is 0 Å². The van der Waals surface area contributed by atoms with E-state index in [-0.39, 0.29) is 0 Å². The van der Waals surface area contributed by atoms with Crippen molar-refractivity contribution in [2.24, 2.45) is 0 Å². The molecule has 0 aliphatic carbocycles. The molecule has 0 bridgehead atoms. The molecule has 0 heterocycles. The Morgan fingerprint density at radius 3 is 1.83 bits per heavy atom. The molecule has 1 rings (SSSR count). The van der Waals surface area contributed by atoms with E-state index in [9.17, 15) is 35.8 Å². The molecule has 0 amide bonds. The van der Waals surface area contributed by atoms with Gasteiger partial charge in [0.15, 0.2) is 5.75 Å². The first-order chi connectivity index (χ1) is 7.99. The number of ether oxygens (including phenoxy) is 1. The summed E-state index contributed by atoms with van der Waals surface area (Å²) in [7, 11) is 0. The lowest BCUT2D eigenvalue weighted by Crippen LogP contribution is -2.55. The third-order valence-corrected chi connectivity index (χ3v) is 1.81. The van der Waals surface area contributed by atoms with Gasteiger partial charge in [-0.15, -0.1) is 0 Å². The van der Waals surface area contributed by atoms with Crippen LogP contribution in [0.25, 0.3) is 0 Å².